The van der Waals surface area contributed by atoms with Crippen molar-refractivity contribution >= 4 is 15.9 Å². The van der Waals surface area contributed by atoms with E-state index in [1.807, 2.05) is 19.2 Å². The van der Waals surface area contributed by atoms with Gasteiger partial charge in [0.05, 0.1) is 20.3 Å². The Kier molecular flexibility index (Phi) is 5.63. The van der Waals surface area contributed by atoms with E-state index in [-0.39, 0.29) is 6.29 Å². The Morgan fingerprint density at radius 3 is 2.79 bits per heavy atom. The molecular formula is C14H20BrNO3. The van der Waals surface area contributed by atoms with Crippen molar-refractivity contribution in [2.24, 2.45) is 0 Å². The van der Waals surface area contributed by atoms with Gasteiger partial charge in [0, 0.05) is 16.9 Å². The Morgan fingerprint density at radius 2 is 2.16 bits per heavy atom. The lowest BCUT2D eigenvalue weighted by atomic mass is 10.0. The molecule has 1 fully saturated rings. The Balaban J connectivity index is 2.00. The summed E-state index contributed by atoms with van der Waals surface area (Å²) < 4.78 is 17.4. The first-order valence-corrected chi connectivity index (χ1v) is 7.25. The fourth-order valence-corrected chi connectivity index (χ4v) is 2.59. The summed E-state index contributed by atoms with van der Waals surface area (Å²) in [5.41, 5.74) is 1.22. The van der Waals surface area contributed by atoms with Crippen molar-refractivity contribution in [3.8, 4) is 5.75 Å². The van der Waals surface area contributed by atoms with Crippen molar-refractivity contribution < 1.29 is 14.2 Å². The van der Waals surface area contributed by atoms with Gasteiger partial charge in [-0.1, -0.05) is 15.9 Å². The normalized spacial score (nSPS) is 17.6. The summed E-state index contributed by atoms with van der Waals surface area (Å²) in [6.45, 7) is 1.40. The van der Waals surface area contributed by atoms with Gasteiger partial charge in [-0.3, -0.25) is 0 Å². The molecule has 1 heterocycles. The summed E-state index contributed by atoms with van der Waals surface area (Å²) in [4.78, 5) is 0. The average molecular weight is 330 g/mol. The van der Waals surface area contributed by atoms with E-state index < -0.39 is 0 Å². The minimum Gasteiger partial charge on any atom is -0.497 e. The van der Waals surface area contributed by atoms with Crippen LogP contribution in [0.1, 0.15) is 12.0 Å². The Morgan fingerprint density at radius 1 is 1.42 bits per heavy atom. The molecule has 2 rings (SSSR count). The molecule has 1 atom stereocenters. The van der Waals surface area contributed by atoms with Gasteiger partial charge in [-0.15, -0.1) is 0 Å². The van der Waals surface area contributed by atoms with Crippen LogP contribution in [-0.4, -0.2) is 39.7 Å². The van der Waals surface area contributed by atoms with Crippen LogP contribution in [-0.2, 0) is 15.9 Å². The van der Waals surface area contributed by atoms with Gasteiger partial charge in [0.25, 0.3) is 0 Å². The first-order chi connectivity index (χ1) is 9.22. The lowest BCUT2D eigenvalue weighted by Gasteiger charge is -2.20. The maximum Gasteiger partial charge on any atom is 0.159 e. The third-order valence-electron chi connectivity index (χ3n) is 3.30. The highest BCUT2D eigenvalue weighted by Crippen LogP contribution is 2.25. The molecule has 0 aliphatic carbocycles. The minimum absolute atomic E-state index is 0.0816. The van der Waals surface area contributed by atoms with Gasteiger partial charge in [0.15, 0.2) is 6.29 Å². The number of halogens is 1. The van der Waals surface area contributed by atoms with Crippen molar-refractivity contribution in [1.29, 1.82) is 0 Å². The monoisotopic (exact) mass is 329 g/mol. The molecule has 1 aromatic rings. The molecule has 0 amide bonds. The van der Waals surface area contributed by atoms with Crippen LogP contribution in [0.25, 0.3) is 0 Å². The number of methoxy groups -OCH3 is 1. The molecule has 1 aliphatic heterocycles. The number of rotatable bonds is 6. The van der Waals surface area contributed by atoms with Gasteiger partial charge in [-0.25, -0.2) is 0 Å². The fourth-order valence-electron chi connectivity index (χ4n) is 2.18. The van der Waals surface area contributed by atoms with Gasteiger partial charge >= 0.3 is 0 Å². The Hall–Kier alpha value is -0.620. The number of ether oxygens (including phenoxy) is 3. The molecule has 0 spiro atoms. The molecular weight excluding hydrogens is 310 g/mol. The lowest BCUT2D eigenvalue weighted by molar-refractivity contribution is -0.0522. The molecule has 1 unspecified atom stereocenters. The van der Waals surface area contributed by atoms with Crippen molar-refractivity contribution in [3.05, 3.63) is 28.2 Å². The van der Waals surface area contributed by atoms with Crippen LogP contribution in [0.3, 0.4) is 0 Å². The Labute approximate surface area is 122 Å². The molecule has 1 aliphatic rings. The predicted octanol–water partition coefficient (Wildman–Crippen LogP) is 2.35. The smallest absolute Gasteiger partial charge is 0.159 e. The van der Waals surface area contributed by atoms with E-state index in [1.165, 1.54) is 5.56 Å². The molecule has 1 N–H and O–H groups in total. The summed E-state index contributed by atoms with van der Waals surface area (Å²) in [7, 11) is 3.65. The van der Waals surface area contributed by atoms with E-state index in [1.54, 1.807) is 7.11 Å². The molecule has 5 heteroatoms. The number of hydrogen-bond acceptors (Lipinski definition) is 4. The zero-order valence-electron chi connectivity index (χ0n) is 11.3. The average Bonchev–Trinajstić information content (AvgIpc) is 2.93. The zero-order valence-corrected chi connectivity index (χ0v) is 12.9. The molecule has 106 valence electrons. The number of likely N-dealkylation sites (N-methyl/N-ethyl adjacent to an activating group) is 1. The van der Waals surface area contributed by atoms with Gasteiger partial charge in [-0.2, -0.15) is 0 Å². The first kappa shape index (κ1) is 14.8. The highest BCUT2D eigenvalue weighted by molar-refractivity contribution is 9.10. The van der Waals surface area contributed by atoms with E-state index in [4.69, 9.17) is 14.2 Å². The predicted molar refractivity (Wildman–Crippen MR) is 77.6 cm³/mol. The SMILES string of the molecule is CNC(Cc1cc(OC)ccc1Br)CC1OCCO1. The van der Waals surface area contributed by atoms with Crippen molar-refractivity contribution in [3.63, 3.8) is 0 Å². The summed E-state index contributed by atoms with van der Waals surface area (Å²) in [5, 5.41) is 3.32. The number of nitrogens with one attached hydrogen (secondary N) is 1. The third kappa shape index (κ3) is 4.18. The van der Waals surface area contributed by atoms with Crippen LogP contribution >= 0.6 is 15.9 Å². The molecule has 1 saturated heterocycles. The fraction of sp³-hybridized carbons (Fsp3) is 0.571. The lowest BCUT2D eigenvalue weighted by Crippen LogP contribution is -2.32. The highest BCUT2D eigenvalue weighted by atomic mass is 79.9. The van der Waals surface area contributed by atoms with Gasteiger partial charge in [0.2, 0.25) is 0 Å². The van der Waals surface area contributed by atoms with Crippen LogP contribution in [0.5, 0.6) is 5.75 Å². The largest absolute Gasteiger partial charge is 0.497 e. The zero-order chi connectivity index (χ0) is 13.7. The molecule has 4 nitrogen and oxygen atoms in total. The molecule has 1 aromatic carbocycles. The second-order valence-electron chi connectivity index (χ2n) is 4.55. The summed E-state index contributed by atoms with van der Waals surface area (Å²) in [6, 6.07) is 6.34. The van der Waals surface area contributed by atoms with Crippen LogP contribution in [0.2, 0.25) is 0 Å². The quantitative estimate of drug-likeness (QED) is 0.869. The van der Waals surface area contributed by atoms with E-state index >= 15 is 0 Å². The van der Waals surface area contributed by atoms with Crippen molar-refractivity contribution in [2.45, 2.75) is 25.2 Å². The van der Waals surface area contributed by atoms with E-state index in [9.17, 15) is 0 Å². The second kappa shape index (κ2) is 7.24. The van der Waals surface area contributed by atoms with Crippen LogP contribution in [0, 0.1) is 0 Å². The standard InChI is InChI=1S/C14H20BrNO3/c1-16-11(9-14-18-5-6-19-14)7-10-8-12(17-2)3-4-13(10)15/h3-4,8,11,14,16H,5-7,9H2,1-2H3. The summed E-state index contributed by atoms with van der Waals surface area (Å²) >= 11 is 3.58. The van der Waals surface area contributed by atoms with Gasteiger partial charge in [0.1, 0.15) is 5.75 Å². The maximum atomic E-state index is 5.50. The van der Waals surface area contributed by atoms with Crippen LogP contribution in [0.15, 0.2) is 22.7 Å². The van der Waals surface area contributed by atoms with Crippen LogP contribution in [0.4, 0.5) is 0 Å². The van der Waals surface area contributed by atoms with E-state index in [0.717, 1.165) is 23.1 Å². The third-order valence-corrected chi connectivity index (χ3v) is 4.07. The molecule has 19 heavy (non-hydrogen) atoms. The number of benzene rings is 1. The molecule has 0 aromatic heterocycles. The van der Waals surface area contributed by atoms with Gasteiger partial charge < -0.3 is 19.5 Å². The molecule has 0 bridgehead atoms. The minimum atomic E-state index is -0.0816. The van der Waals surface area contributed by atoms with E-state index in [0.29, 0.717) is 19.3 Å². The number of hydrogen-bond donors (Lipinski definition) is 1. The first-order valence-electron chi connectivity index (χ1n) is 6.46. The second-order valence-corrected chi connectivity index (χ2v) is 5.41. The summed E-state index contributed by atoms with van der Waals surface area (Å²) in [5.74, 6) is 0.876. The maximum absolute atomic E-state index is 5.50. The molecule has 0 saturated carbocycles. The van der Waals surface area contributed by atoms with Crippen LogP contribution < -0.4 is 10.1 Å². The summed E-state index contributed by atoms with van der Waals surface area (Å²) in [6.07, 6.45) is 1.67. The van der Waals surface area contributed by atoms with E-state index in [2.05, 4.69) is 27.3 Å². The molecule has 0 radical (unpaired) electrons. The highest BCUT2D eigenvalue weighted by Gasteiger charge is 2.21. The van der Waals surface area contributed by atoms with Gasteiger partial charge in [-0.05, 0) is 37.2 Å². The topological polar surface area (TPSA) is 39.7 Å². The Bertz CT molecular complexity index is 408. The van der Waals surface area contributed by atoms with Crippen molar-refractivity contribution in [1.82, 2.24) is 5.32 Å². The van der Waals surface area contributed by atoms with Crippen molar-refractivity contribution in [2.75, 3.05) is 27.4 Å².